The summed E-state index contributed by atoms with van der Waals surface area (Å²) in [6.07, 6.45) is -0.539. The molecule has 0 amide bonds. The third-order valence-electron chi connectivity index (χ3n) is 1.98. The Bertz CT molecular complexity index is 308. The molecule has 72 valence electrons. The molecule has 0 saturated heterocycles. The van der Waals surface area contributed by atoms with Crippen molar-refractivity contribution in [3.05, 3.63) is 23.0 Å². The molecule has 1 aromatic heterocycles. The van der Waals surface area contributed by atoms with E-state index in [0.717, 1.165) is 17.0 Å². The Balaban J connectivity index is 3.30. The zero-order chi connectivity index (χ0) is 10.0. The van der Waals surface area contributed by atoms with Crippen LogP contribution >= 0.6 is 0 Å². The van der Waals surface area contributed by atoms with Crippen LogP contribution in [0.5, 0.6) is 5.75 Å². The van der Waals surface area contributed by atoms with E-state index in [1.807, 2.05) is 19.9 Å². The molecule has 3 nitrogen and oxygen atoms in total. The molecule has 1 N–H and O–H groups in total. The number of aromatic nitrogens is 1. The number of nitrogens with zero attached hydrogens (tertiary/aromatic N) is 1. The third-order valence-corrected chi connectivity index (χ3v) is 1.98. The van der Waals surface area contributed by atoms with Gasteiger partial charge in [0.05, 0.1) is 13.2 Å². The Kier molecular flexibility index (Phi) is 2.88. The molecular formula is C10H15NO2. The van der Waals surface area contributed by atoms with Gasteiger partial charge >= 0.3 is 0 Å². The number of hydrogen-bond acceptors (Lipinski definition) is 3. The van der Waals surface area contributed by atoms with Gasteiger partial charge < -0.3 is 9.84 Å². The lowest BCUT2D eigenvalue weighted by atomic mass is 10.1. The SMILES string of the molecule is COc1cc(C)nc(C)c1C(C)O. The smallest absolute Gasteiger partial charge is 0.128 e. The predicted octanol–water partition coefficient (Wildman–Crippen LogP) is 1.76. The number of aliphatic hydroxyl groups excluding tert-OH is 1. The van der Waals surface area contributed by atoms with E-state index >= 15 is 0 Å². The lowest BCUT2D eigenvalue weighted by molar-refractivity contribution is 0.193. The van der Waals surface area contributed by atoms with Crippen LogP contribution in [0.25, 0.3) is 0 Å². The van der Waals surface area contributed by atoms with Crippen molar-refractivity contribution in [3.8, 4) is 5.75 Å². The van der Waals surface area contributed by atoms with Crippen LogP contribution in [-0.4, -0.2) is 17.2 Å². The monoisotopic (exact) mass is 181 g/mol. The second-order valence-corrected chi connectivity index (χ2v) is 3.14. The highest BCUT2D eigenvalue weighted by Crippen LogP contribution is 2.27. The molecule has 3 heteroatoms. The van der Waals surface area contributed by atoms with Gasteiger partial charge in [-0.15, -0.1) is 0 Å². The van der Waals surface area contributed by atoms with Gasteiger partial charge in [0.2, 0.25) is 0 Å². The van der Waals surface area contributed by atoms with Crippen molar-refractivity contribution in [1.29, 1.82) is 0 Å². The summed E-state index contributed by atoms with van der Waals surface area (Å²) in [5, 5.41) is 9.49. The third kappa shape index (κ3) is 1.98. The van der Waals surface area contributed by atoms with Crippen LogP contribution < -0.4 is 4.74 Å². The van der Waals surface area contributed by atoms with Crippen LogP contribution in [0.2, 0.25) is 0 Å². The highest BCUT2D eigenvalue weighted by molar-refractivity contribution is 5.39. The number of aryl methyl sites for hydroxylation is 2. The Morgan fingerprint density at radius 1 is 1.46 bits per heavy atom. The van der Waals surface area contributed by atoms with Gasteiger partial charge in [-0.2, -0.15) is 0 Å². The quantitative estimate of drug-likeness (QED) is 0.756. The van der Waals surface area contributed by atoms with E-state index in [9.17, 15) is 5.11 Å². The summed E-state index contributed by atoms with van der Waals surface area (Å²) in [5.74, 6) is 0.708. The van der Waals surface area contributed by atoms with Crippen molar-refractivity contribution in [2.75, 3.05) is 7.11 Å². The zero-order valence-electron chi connectivity index (χ0n) is 8.46. The van der Waals surface area contributed by atoms with E-state index in [4.69, 9.17) is 4.74 Å². The molecule has 0 aliphatic heterocycles. The lowest BCUT2D eigenvalue weighted by Crippen LogP contribution is -2.02. The molecule has 0 radical (unpaired) electrons. The number of rotatable bonds is 2. The van der Waals surface area contributed by atoms with Crippen LogP contribution in [0.1, 0.15) is 30.0 Å². The molecule has 0 aromatic carbocycles. The van der Waals surface area contributed by atoms with E-state index in [0.29, 0.717) is 5.75 Å². The van der Waals surface area contributed by atoms with Crippen LogP contribution in [0, 0.1) is 13.8 Å². The molecule has 0 aliphatic carbocycles. The summed E-state index contributed by atoms with van der Waals surface area (Å²) in [6.45, 7) is 5.49. The Morgan fingerprint density at radius 2 is 2.08 bits per heavy atom. The van der Waals surface area contributed by atoms with E-state index in [1.165, 1.54) is 0 Å². The molecule has 0 spiro atoms. The fourth-order valence-corrected chi connectivity index (χ4v) is 1.48. The van der Waals surface area contributed by atoms with Crippen molar-refractivity contribution in [3.63, 3.8) is 0 Å². The van der Waals surface area contributed by atoms with Crippen molar-refractivity contribution < 1.29 is 9.84 Å². The highest BCUT2D eigenvalue weighted by Gasteiger charge is 2.13. The standard InChI is InChI=1S/C10H15NO2/c1-6-5-9(13-4)10(8(3)12)7(2)11-6/h5,8,12H,1-4H3. The van der Waals surface area contributed by atoms with Gasteiger partial charge in [0, 0.05) is 23.0 Å². The summed E-state index contributed by atoms with van der Waals surface area (Å²) in [4.78, 5) is 4.26. The number of ether oxygens (including phenoxy) is 1. The molecule has 1 unspecified atom stereocenters. The Morgan fingerprint density at radius 3 is 2.54 bits per heavy atom. The average molecular weight is 181 g/mol. The first-order valence-electron chi connectivity index (χ1n) is 4.26. The molecule has 0 fully saturated rings. The topological polar surface area (TPSA) is 42.4 Å². The molecular weight excluding hydrogens is 166 g/mol. The lowest BCUT2D eigenvalue weighted by Gasteiger charge is -2.13. The molecule has 0 aliphatic rings. The zero-order valence-corrected chi connectivity index (χ0v) is 8.46. The summed E-state index contributed by atoms with van der Waals surface area (Å²) in [7, 11) is 1.60. The molecule has 1 heterocycles. The maximum Gasteiger partial charge on any atom is 0.128 e. The van der Waals surface area contributed by atoms with Gasteiger partial charge in [0.1, 0.15) is 5.75 Å². The number of pyridine rings is 1. The van der Waals surface area contributed by atoms with Gasteiger partial charge in [-0.1, -0.05) is 0 Å². The first-order chi connectivity index (χ1) is 6.06. The van der Waals surface area contributed by atoms with E-state index < -0.39 is 6.10 Å². The van der Waals surface area contributed by atoms with Gasteiger partial charge in [-0.25, -0.2) is 0 Å². The fraction of sp³-hybridized carbons (Fsp3) is 0.500. The van der Waals surface area contributed by atoms with Gasteiger partial charge in [0.25, 0.3) is 0 Å². The highest BCUT2D eigenvalue weighted by atomic mass is 16.5. The predicted molar refractivity (Wildman–Crippen MR) is 50.9 cm³/mol. The molecule has 1 aromatic rings. The molecule has 1 atom stereocenters. The summed E-state index contributed by atoms with van der Waals surface area (Å²) in [5.41, 5.74) is 2.50. The van der Waals surface area contributed by atoms with Crippen molar-refractivity contribution in [1.82, 2.24) is 4.98 Å². The van der Waals surface area contributed by atoms with E-state index in [2.05, 4.69) is 4.98 Å². The summed E-state index contributed by atoms with van der Waals surface area (Å²) in [6, 6.07) is 1.83. The fourth-order valence-electron chi connectivity index (χ4n) is 1.48. The first kappa shape index (κ1) is 9.99. The molecule has 0 saturated carbocycles. The van der Waals surface area contributed by atoms with Gasteiger partial charge in [0.15, 0.2) is 0 Å². The summed E-state index contributed by atoms with van der Waals surface area (Å²) >= 11 is 0. The van der Waals surface area contributed by atoms with Crippen LogP contribution in [0.15, 0.2) is 6.07 Å². The largest absolute Gasteiger partial charge is 0.496 e. The normalized spacial score (nSPS) is 12.7. The Labute approximate surface area is 78.4 Å². The number of hydrogen-bond donors (Lipinski definition) is 1. The van der Waals surface area contributed by atoms with Gasteiger partial charge in [-0.05, 0) is 20.8 Å². The minimum absolute atomic E-state index is 0.539. The van der Waals surface area contributed by atoms with E-state index in [-0.39, 0.29) is 0 Å². The van der Waals surface area contributed by atoms with Crippen LogP contribution in [-0.2, 0) is 0 Å². The minimum atomic E-state index is -0.539. The Hall–Kier alpha value is -1.09. The van der Waals surface area contributed by atoms with E-state index in [1.54, 1.807) is 14.0 Å². The van der Waals surface area contributed by atoms with Crippen molar-refractivity contribution >= 4 is 0 Å². The summed E-state index contributed by atoms with van der Waals surface area (Å²) < 4.78 is 5.17. The van der Waals surface area contributed by atoms with Crippen molar-refractivity contribution in [2.45, 2.75) is 26.9 Å². The van der Waals surface area contributed by atoms with Crippen molar-refractivity contribution in [2.24, 2.45) is 0 Å². The number of aliphatic hydroxyl groups is 1. The molecule has 1 rings (SSSR count). The molecule has 0 bridgehead atoms. The van der Waals surface area contributed by atoms with Crippen LogP contribution in [0.4, 0.5) is 0 Å². The second kappa shape index (κ2) is 3.75. The van der Waals surface area contributed by atoms with Crippen LogP contribution in [0.3, 0.4) is 0 Å². The second-order valence-electron chi connectivity index (χ2n) is 3.14. The number of methoxy groups -OCH3 is 1. The maximum atomic E-state index is 9.49. The van der Waals surface area contributed by atoms with Gasteiger partial charge in [-0.3, -0.25) is 4.98 Å². The minimum Gasteiger partial charge on any atom is -0.496 e. The maximum absolute atomic E-state index is 9.49. The first-order valence-corrected chi connectivity index (χ1v) is 4.26. The average Bonchev–Trinajstić information content (AvgIpc) is 2.01. The molecule has 13 heavy (non-hydrogen) atoms.